The van der Waals surface area contributed by atoms with Crippen molar-refractivity contribution in [1.29, 1.82) is 0 Å². The monoisotopic (exact) mass is 360 g/mol. The number of anilines is 1. The van der Waals surface area contributed by atoms with E-state index in [0.29, 0.717) is 18.7 Å². The Hall–Kier alpha value is -2.34. The van der Waals surface area contributed by atoms with Crippen LogP contribution in [0.25, 0.3) is 0 Å². The first-order chi connectivity index (χ1) is 11.8. The first-order valence-electron chi connectivity index (χ1n) is 8.20. The van der Waals surface area contributed by atoms with Gasteiger partial charge in [0.2, 0.25) is 15.9 Å². The molecule has 5 nitrogen and oxygen atoms in total. The van der Waals surface area contributed by atoms with E-state index in [2.05, 4.69) is 5.32 Å². The maximum atomic E-state index is 12.7. The molecule has 0 heterocycles. The molecule has 2 aromatic rings. The van der Waals surface area contributed by atoms with E-state index in [1.54, 1.807) is 19.1 Å². The molecular formula is C19H24N2O3S. The largest absolute Gasteiger partial charge is 0.350 e. The Balaban J connectivity index is 2.23. The molecule has 0 saturated heterocycles. The summed E-state index contributed by atoms with van der Waals surface area (Å²) in [7, 11) is -3.60. The summed E-state index contributed by atoms with van der Waals surface area (Å²) in [6, 6.07) is 15.9. The van der Waals surface area contributed by atoms with Gasteiger partial charge < -0.3 is 5.32 Å². The third kappa shape index (κ3) is 5.06. The molecule has 0 radical (unpaired) electrons. The van der Waals surface area contributed by atoms with Gasteiger partial charge in [-0.2, -0.15) is 0 Å². The lowest BCUT2D eigenvalue weighted by Crippen LogP contribution is -2.49. The number of hydrogen-bond donors (Lipinski definition) is 1. The van der Waals surface area contributed by atoms with Gasteiger partial charge in [0, 0.05) is 6.54 Å². The van der Waals surface area contributed by atoms with E-state index in [1.807, 2.05) is 49.4 Å². The van der Waals surface area contributed by atoms with Crippen LogP contribution in [0.1, 0.15) is 24.5 Å². The van der Waals surface area contributed by atoms with E-state index in [0.717, 1.165) is 17.4 Å². The zero-order valence-electron chi connectivity index (χ0n) is 14.8. The van der Waals surface area contributed by atoms with Crippen molar-refractivity contribution < 1.29 is 13.2 Å². The number of nitrogens with zero attached hydrogens (tertiary/aromatic N) is 1. The van der Waals surface area contributed by atoms with E-state index in [9.17, 15) is 13.2 Å². The Morgan fingerprint density at radius 2 is 1.68 bits per heavy atom. The van der Waals surface area contributed by atoms with Crippen LogP contribution in [0.3, 0.4) is 0 Å². The summed E-state index contributed by atoms with van der Waals surface area (Å²) < 4.78 is 25.9. The van der Waals surface area contributed by atoms with Gasteiger partial charge in [0.1, 0.15) is 6.04 Å². The molecule has 2 aromatic carbocycles. The van der Waals surface area contributed by atoms with Crippen LogP contribution in [0.5, 0.6) is 0 Å². The van der Waals surface area contributed by atoms with E-state index in [4.69, 9.17) is 0 Å². The van der Waals surface area contributed by atoms with Crippen LogP contribution in [0, 0.1) is 6.92 Å². The smallest absolute Gasteiger partial charge is 0.244 e. The molecule has 0 fully saturated rings. The van der Waals surface area contributed by atoms with E-state index in [-0.39, 0.29) is 5.91 Å². The minimum absolute atomic E-state index is 0.308. The van der Waals surface area contributed by atoms with E-state index < -0.39 is 16.1 Å². The number of sulfonamides is 1. The molecule has 0 aromatic heterocycles. The number of benzene rings is 2. The van der Waals surface area contributed by atoms with Crippen molar-refractivity contribution in [3.05, 3.63) is 65.7 Å². The molecule has 134 valence electrons. The summed E-state index contributed by atoms with van der Waals surface area (Å²) in [5, 5.41) is 2.84. The predicted molar refractivity (Wildman–Crippen MR) is 101 cm³/mol. The van der Waals surface area contributed by atoms with Crippen molar-refractivity contribution in [3.63, 3.8) is 0 Å². The lowest BCUT2D eigenvalue weighted by Gasteiger charge is -2.30. The van der Waals surface area contributed by atoms with Crippen LogP contribution in [0.4, 0.5) is 5.69 Å². The highest BCUT2D eigenvalue weighted by molar-refractivity contribution is 7.92. The SMILES string of the molecule is CC[C@@H](C(=O)NCc1ccccc1)N(c1ccc(C)cc1)S(C)(=O)=O. The van der Waals surface area contributed by atoms with Gasteiger partial charge in [-0.1, -0.05) is 55.0 Å². The third-order valence-electron chi connectivity index (χ3n) is 3.93. The van der Waals surface area contributed by atoms with Crippen LogP contribution >= 0.6 is 0 Å². The Bertz CT molecular complexity index is 802. The maximum Gasteiger partial charge on any atom is 0.244 e. The highest BCUT2D eigenvalue weighted by atomic mass is 32.2. The standard InChI is InChI=1S/C19H24N2O3S/c1-4-18(19(22)20-14-16-8-6-5-7-9-16)21(25(3,23)24)17-12-10-15(2)11-13-17/h5-13,18H,4,14H2,1-3H3,(H,20,22)/t18-/m0/s1. The predicted octanol–water partition coefficient (Wildman–Crippen LogP) is 2.86. The van der Waals surface area contributed by atoms with Crippen molar-refractivity contribution in [2.24, 2.45) is 0 Å². The molecule has 0 bridgehead atoms. The van der Waals surface area contributed by atoms with Crippen LogP contribution in [0.2, 0.25) is 0 Å². The summed E-state index contributed by atoms with van der Waals surface area (Å²) in [6.45, 7) is 4.10. The third-order valence-corrected chi connectivity index (χ3v) is 5.11. The van der Waals surface area contributed by atoms with Crippen molar-refractivity contribution >= 4 is 21.6 Å². The van der Waals surface area contributed by atoms with Gasteiger partial charge in [-0.15, -0.1) is 0 Å². The number of nitrogens with one attached hydrogen (secondary N) is 1. The topological polar surface area (TPSA) is 66.5 Å². The van der Waals surface area contributed by atoms with E-state index in [1.165, 1.54) is 4.31 Å². The molecule has 0 unspecified atom stereocenters. The molecular weight excluding hydrogens is 336 g/mol. The molecule has 6 heteroatoms. The normalized spacial score (nSPS) is 12.4. The lowest BCUT2D eigenvalue weighted by molar-refractivity contribution is -0.122. The van der Waals surface area contributed by atoms with Gasteiger partial charge >= 0.3 is 0 Å². The Kier molecular flexibility index (Phi) is 6.20. The number of carbonyl (C=O) groups excluding carboxylic acids is 1. The number of carbonyl (C=O) groups is 1. The highest BCUT2D eigenvalue weighted by Gasteiger charge is 2.31. The second-order valence-electron chi connectivity index (χ2n) is 6.02. The first kappa shape index (κ1) is 19.0. The van der Waals surface area contributed by atoms with Gasteiger partial charge in [-0.25, -0.2) is 8.42 Å². The molecule has 2 rings (SSSR count). The van der Waals surface area contributed by atoms with E-state index >= 15 is 0 Å². The van der Waals surface area contributed by atoms with Crippen molar-refractivity contribution in [1.82, 2.24) is 5.32 Å². The lowest BCUT2D eigenvalue weighted by atomic mass is 10.1. The zero-order chi connectivity index (χ0) is 18.4. The van der Waals surface area contributed by atoms with Crippen LogP contribution < -0.4 is 9.62 Å². The number of amides is 1. The second-order valence-corrected chi connectivity index (χ2v) is 7.88. The molecule has 0 saturated carbocycles. The Labute approximate surface area is 149 Å². The number of rotatable bonds is 7. The quantitative estimate of drug-likeness (QED) is 0.826. The average molecular weight is 360 g/mol. The highest BCUT2D eigenvalue weighted by Crippen LogP contribution is 2.23. The summed E-state index contributed by atoms with van der Waals surface area (Å²) >= 11 is 0. The molecule has 0 aliphatic heterocycles. The van der Waals surface area contributed by atoms with Gasteiger partial charge in [0.05, 0.1) is 11.9 Å². The molecule has 25 heavy (non-hydrogen) atoms. The second kappa shape index (κ2) is 8.16. The zero-order valence-corrected chi connectivity index (χ0v) is 15.6. The molecule has 0 aliphatic carbocycles. The van der Waals surface area contributed by atoms with Crippen LogP contribution in [0.15, 0.2) is 54.6 Å². The van der Waals surface area contributed by atoms with Crippen molar-refractivity contribution in [3.8, 4) is 0 Å². The Morgan fingerprint density at radius 3 is 2.20 bits per heavy atom. The van der Waals surface area contributed by atoms with Crippen LogP contribution in [-0.4, -0.2) is 26.6 Å². The summed E-state index contributed by atoms with van der Waals surface area (Å²) in [5.74, 6) is -0.308. The summed E-state index contributed by atoms with van der Waals surface area (Å²) in [4.78, 5) is 12.7. The van der Waals surface area contributed by atoms with Gasteiger partial charge in [-0.05, 0) is 31.0 Å². The molecule has 0 spiro atoms. The fourth-order valence-electron chi connectivity index (χ4n) is 2.65. The minimum Gasteiger partial charge on any atom is -0.350 e. The van der Waals surface area contributed by atoms with Crippen LogP contribution in [-0.2, 0) is 21.4 Å². The van der Waals surface area contributed by atoms with Gasteiger partial charge in [0.25, 0.3) is 0 Å². The van der Waals surface area contributed by atoms with Crippen molar-refractivity contribution in [2.45, 2.75) is 32.9 Å². The van der Waals surface area contributed by atoms with Gasteiger partial charge in [0.15, 0.2) is 0 Å². The number of aryl methyl sites for hydroxylation is 1. The Morgan fingerprint density at radius 1 is 1.08 bits per heavy atom. The summed E-state index contributed by atoms with van der Waals surface area (Å²) in [6.07, 6.45) is 1.50. The van der Waals surface area contributed by atoms with Gasteiger partial charge in [-0.3, -0.25) is 9.10 Å². The molecule has 0 aliphatic rings. The molecule has 1 amide bonds. The summed E-state index contributed by atoms with van der Waals surface area (Å²) in [5.41, 5.74) is 2.49. The first-order valence-corrected chi connectivity index (χ1v) is 10.1. The maximum absolute atomic E-state index is 12.7. The fourth-order valence-corrected chi connectivity index (χ4v) is 3.87. The molecule has 1 atom stereocenters. The fraction of sp³-hybridized carbons (Fsp3) is 0.316. The molecule has 1 N–H and O–H groups in total. The number of hydrogen-bond acceptors (Lipinski definition) is 3. The average Bonchev–Trinajstić information content (AvgIpc) is 2.58. The minimum atomic E-state index is -3.60. The van der Waals surface area contributed by atoms with Crippen molar-refractivity contribution in [2.75, 3.05) is 10.6 Å².